The average molecular weight is 349 g/mol. The Morgan fingerprint density at radius 3 is 2.95 bits per heavy atom. The third-order valence-electron chi connectivity index (χ3n) is 2.95. The highest BCUT2D eigenvalue weighted by molar-refractivity contribution is 9.10. The minimum atomic E-state index is 0.684. The number of thiazole rings is 1. The van der Waals surface area contributed by atoms with Gasteiger partial charge >= 0.3 is 0 Å². The third-order valence-corrected chi connectivity index (χ3v) is 4.59. The van der Waals surface area contributed by atoms with Crippen molar-refractivity contribution in [3.05, 3.63) is 45.1 Å². The van der Waals surface area contributed by atoms with Crippen molar-refractivity contribution in [3.8, 4) is 0 Å². The summed E-state index contributed by atoms with van der Waals surface area (Å²) < 4.78 is 1.02. The van der Waals surface area contributed by atoms with Crippen molar-refractivity contribution in [2.45, 2.75) is 19.9 Å². The molecule has 1 aromatic carbocycles. The quantitative estimate of drug-likeness (QED) is 0.773. The number of fused-ring (bicyclic) bond motifs is 1. The maximum absolute atomic E-state index is 4.40. The first-order chi connectivity index (χ1) is 9.76. The van der Waals surface area contributed by atoms with Crippen molar-refractivity contribution in [2.24, 2.45) is 0 Å². The van der Waals surface area contributed by atoms with Crippen molar-refractivity contribution < 1.29 is 0 Å². The van der Waals surface area contributed by atoms with E-state index in [9.17, 15) is 0 Å². The molecule has 3 rings (SSSR count). The second kappa shape index (κ2) is 5.85. The van der Waals surface area contributed by atoms with E-state index in [1.165, 1.54) is 4.88 Å². The van der Waals surface area contributed by atoms with Crippen LogP contribution in [0.25, 0.3) is 10.9 Å². The summed E-state index contributed by atoms with van der Waals surface area (Å²) in [5.41, 5.74) is 0.930. The van der Waals surface area contributed by atoms with Crippen LogP contribution in [0.1, 0.15) is 16.8 Å². The Hall–Kier alpha value is -1.53. The Balaban J connectivity index is 1.85. The zero-order valence-corrected chi connectivity index (χ0v) is 13.3. The lowest BCUT2D eigenvalue weighted by atomic mass is 10.2. The lowest BCUT2D eigenvalue weighted by molar-refractivity contribution is 1.07. The fraction of sp³-hybridized carbons (Fsp3) is 0.214. The number of nitrogens with zero attached hydrogens (tertiary/aromatic N) is 3. The highest BCUT2D eigenvalue weighted by atomic mass is 79.9. The number of nitrogens with one attached hydrogen (secondary N) is 1. The zero-order chi connectivity index (χ0) is 13.9. The summed E-state index contributed by atoms with van der Waals surface area (Å²) in [5, 5.41) is 5.43. The molecule has 0 aliphatic rings. The molecule has 0 radical (unpaired) electrons. The first kappa shape index (κ1) is 13.5. The molecule has 6 heteroatoms. The first-order valence-corrected chi connectivity index (χ1v) is 7.95. The van der Waals surface area contributed by atoms with Crippen molar-refractivity contribution in [1.29, 1.82) is 0 Å². The molecule has 0 amide bonds. The largest absolute Gasteiger partial charge is 0.363 e. The third kappa shape index (κ3) is 2.81. The molecule has 0 unspecified atom stereocenters. The van der Waals surface area contributed by atoms with Crippen molar-refractivity contribution >= 4 is 44.0 Å². The monoisotopic (exact) mass is 348 g/mol. The molecule has 4 nitrogen and oxygen atoms in total. The van der Waals surface area contributed by atoms with Gasteiger partial charge in [0.15, 0.2) is 0 Å². The predicted molar refractivity (Wildman–Crippen MR) is 86.1 cm³/mol. The number of aryl methyl sites for hydroxylation is 1. The van der Waals surface area contributed by atoms with E-state index in [1.807, 2.05) is 24.4 Å². The van der Waals surface area contributed by atoms with Crippen molar-refractivity contribution in [2.75, 3.05) is 5.32 Å². The Kier molecular flexibility index (Phi) is 3.93. The van der Waals surface area contributed by atoms with E-state index in [1.54, 1.807) is 17.7 Å². The van der Waals surface area contributed by atoms with E-state index in [0.717, 1.165) is 32.6 Å². The average Bonchev–Trinajstić information content (AvgIpc) is 2.93. The fourth-order valence-corrected chi connectivity index (χ4v) is 3.09. The molecule has 0 atom stereocenters. The zero-order valence-electron chi connectivity index (χ0n) is 10.9. The van der Waals surface area contributed by atoms with Gasteiger partial charge in [-0.25, -0.2) is 15.0 Å². The fourth-order valence-electron chi connectivity index (χ4n) is 1.92. The van der Waals surface area contributed by atoms with Gasteiger partial charge in [0, 0.05) is 20.9 Å². The number of benzene rings is 1. The number of hydrogen-bond acceptors (Lipinski definition) is 5. The number of hydrogen-bond donors (Lipinski definition) is 1. The molecule has 0 fully saturated rings. The van der Waals surface area contributed by atoms with Gasteiger partial charge in [-0.15, -0.1) is 11.3 Å². The van der Waals surface area contributed by atoms with E-state index < -0.39 is 0 Å². The van der Waals surface area contributed by atoms with Crippen LogP contribution in [-0.2, 0) is 13.0 Å². The summed E-state index contributed by atoms with van der Waals surface area (Å²) in [7, 11) is 0. The van der Waals surface area contributed by atoms with E-state index in [4.69, 9.17) is 0 Å². The van der Waals surface area contributed by atoms with Crippen LogP contribution in [0.3, 0.4) is 0 Å². The Labute approximate surface area is 129 Å². The molecule has 20 heavy (non-hydrogen) atoms. The van der Waals surface area contributed by atoms with Crippen LogP contribution in [0, 0.1) is 0 Å². The van der Waals surface area contributed by atoms with Crippen LogP contribution in [-0.4, -0.2) is 15.0 Å². The summed E-state index contributed by atoms with van der Waals surface area (Å²) in [6.07, 6.45) is 4.55. The van der Waals surface area contributed by atoms with Crippen LogP contribution in [0.2, 0.25) is 0 Å². The number of rotatable bonds is 4. The maximum atomic E-state index is 4.40. The molecule has 102 valence electrons. The SMILES string of the molecule is CCc1cnc(CNc2ncnc3ccc(Br)cc23)s1. The summed E-state index contributed by atoms with van der Waals surface area (Å²) in [5.74, 6) is 0.838. The molecule has 0 spiro atoms. The van der Waals surface area contributed by atoms with Gasteiger partial charge in [-0.1, -0.05) is 22.9 Å². The van der Waals surface area contributed by atoms with Crippen molar-refractivity contribution in [1.82, 2.24) is 15.0 Å². The summed E-state index contributed by atoms with van der Waals surface area (Å²) in [6, 6.07) is 5.98. The summed E-state index contributed by atoms with van der Waals surface area (Å²) >= 11 is 5.22. The standard InChI is InChI=1S/C14H13BrN4S/c1-2-10-6-16-13(20-10)7-17-14-11-5-9(15)3-4-12(11)18-8-19-14/h3-6,8H,2,7H2,1H3,(H,17,18,19). The van der Waals surface area contributed by atoms with Gasteiger partial charge in [0.25, 0.3) is 0 Å². The minimum absolute atomic E-state index is 0.684. The molecule has 0 aliphatic heterocycles. The minimum Gasteiger partial charge on any atom is -0.363 e. The smallest absolute Gasteiger partial charge is 0.137 e. The highest BCUT2D eigenvalue weighted by Gasteiger charge is 2.06. The summed E-state index contributed by atoms with van der Waals surface area (Å²) in [4.78, 5) is 14.3. The molecule has 2 aromatic heterocycles. The normalized spacial score (nSPS) is 10.9. The molecule has 3 aromatic rings. The van der Waals surface area contributed by atoms with Crippen LogP contribution in [0.15, 0.2) is 35.2 Å². The second-order valence-electron chi connectivity index (χ2n) is 4.31. The number of anilines is 1. The van der Waals surface area contributed by atoms with Crippen LogP contribution >= 0.6 is 27.3 Å². The van der Waals surface area contributed by atoms with Crippen LogP contribution < -0.4 is 5.32 Å². The molecule has 0 bridgehead atoms. The van der Waals surface area contributed by atoms with E-state index in [0.29, 0.717) is 6.54 Å². The van der Waals surface area contributed by atoms with Crippen LogP contribution in [0.5, 0.6) is 0 Å². The van der Waals surface area contributed by atoms with E-state index >= 15 is 0 Å². The van der Waals surface area contributed by atoms with Crippen molar-refractivity contribution in [3.63, 3.8) is 0 Å². The molecular weight excluding hydrogens is 336 g/mol. The van der Waals surface area contributed by atoms with Gasteiger partial charge in [0.2, 0.25) is 0 Å². The van der Waals surface area contributed by atoms with E-state index in [2.05, 4.69) is 43.1 Å². The Bertz CT molecular complexity index is 741. The summed E-state index contributed by atoms with van der Waals surface area (Å²) in [6.45, 7) is 2.82. The lowest BCUT2D eigenvalue weighted by Gasteiger charge is -2.07. The van der Waals surface area contributed by atoms with Crippen LogP contribution in [0.4, 0.5) is 5.82 Å². The molecule has 0 aliphatic carbocycles. The molecular formula is C14H13BrN4S. The molecule has 2 heterocycles. The molecule has 1 N–H and O–H groups in total. The topological polar surface area (TPSA) is 50.7 Å². The van der Waals surface area contributed by atoms with Gasteiger partial charge in [0.1, 0.15) is 17.2 Å². The van der Waals surface area contributed by atoms with Gasteiger partial charge < -0.3 is 5.32 Å². The van der Waals surface area contributed by atoms with Gasteiger partial charge in [-0.05, 0) is 24.6 Å². The molecule has 0 saturated heterocycles. The predicted octanol–water partition coefficient (Wildman–Crippen LogP) is 4.02. The van der Waals surface area contributed by atoms with Gasteiger partial charge in [0.05, 0.1) is 12.1 Å². The second-order valence-corrected chi connectivity index (χ2v) is 6.43. The Morgan fingerprint density at radius 2 is 2.15 bits per heavy atom. The molecule has 0 saturated carbocycles. The highest BCUT2D eigenvalue weighted by Crippen LogP contribution is 2.24. The number of halogens is 1. The van der Waals surface area contributed by atoms with Gasteiger partial charge in [-0.3, -0.25) is 0 Å². The maximum Gasteiger partial charge on any atom is 0.137 e. The number of aromatic nitrogens is 3. The van der Waals surface area contributed by atoms with E-state index in [-0.39, 0.29) is 0 Å². The van der Waals surface area contributed by atoms with Gasteiger partial charge in [-0.2, -0.15) is 0 Å². The lowest BCUT2D eigenvalue weighted by Crippen LogP contribution is -2.02. The Morgan fingerprint density at radius 1 is 1.25 bits per heavy atom. The first-order valence-electron chi connectivity index (χ1n) is 6.34.